The maximum Gasteiger partial charge on any atom is 0.269 e. The number of H-pyrrole nitrogens is 1. The largest absolute Gasteiger partial charge is 0.496 e. The standard InChI is InChI=1S/C19H18ClN3O2/c1-12(13-6-4-3-5-7-13)21-19(24)17-11-16(22-23-17)15-10-14(20)8-9-18(15)25-2/h3-12H,1-2H3,(H,21,24)(H,22,23)/t12-/m1/s1. The number of carbonyl (C=O) groups is 1. The molecule has 0 saturated carbocycles. The maximum absolute atomic E-state index is 12.5. The summed E-state index contributed by atoms with van der Waals surface area (Å²) in [6.07, 6.45) is 0. The van der Waals surface area contributed by atoms with E-state index >= 15 is 0 Å². The van der Waals surface area contributed by atoms with E-state index in [0.717, 1.165) is 11.1 Å². The van der Waals surface area contributed by atoms with Crippen LogP contribution in [0.4, 0.5) is 0 Å². The molecule has 0 unspecified atom stereocenters. The van der Waals surface area contributed by atoms with Crippen LogP contribution < -0.4 is 10.1 Å². The Bertz CT molecular complexity index is 877. The van der Waals surface area contributed by atoms with Gasteiger partial charge in [-0.25, -0.2) is 0 Å². The zero-order valence-electron chi connectivity index (χ0n) is 13.9. The summed E-state index contributed by atoms with van der Waals surface area (Å²) in [6.45, 7) is 1.94. The lowest BCUT2D eigenvalue weighted by Gasteiger charge is -2.13. The van der Waals surface area contributed by atoms with Crippen LogP contribution in [0.15, 0.2) is 54.6 Å². The molecule has 1 heterocycles. The summed E-state index contributed by atoms with van der Waals surface area (Å²) in [5.41, 5.74) is 2.73. The SMILES string of the molecule is COc1ccc(Cl)cc1-c1cc(C(=O)N[C@H](C)c2ccccc2)[nH]n1. The summed E-state index contributed by atoms with van der Waals surface area (Å²) >= 11 is 6.06. The third kappa shape index (κ3) is 3.83. The van der Waals surface area contributed by atoms with Crippen molar-refractivity contribution in [1.82, 2.24) is 15.5 Å². The highest BCUT2D eigenvalue weighted by molar-refractivity contribution is 6.31. The molecule has 2 aromatic carbocycles. The normalized spacial score (nSPS) is 11.8. The first-order valence-electron chi connectivity index (χ1n) is 7.83. The zero-order valence-corrected chi connectivity index (χ0v) is 14.7. The van der Waals surface area contributed by atoms with Gasteiger partial charge >= 0.3 is 0 Å². The number of nitrogens with zero attached hydrogens (tertiary/aromatic N) is 1. The summed E-state index contributed by atoms with van der Waals surface area (Å²) < 4.78 is 5.33. The van der Waals surface area contributed by atoms with Gasteiger partial charge < -0.3 is 10.1 Å². The molecule has 0 aliphatic heterocycles. The lowest BCUT2D eigenvalue weighted by Crippen LogP contribution is -2.26. The molecule has 25 heavy (non-hydrogen) atoms. The monoisotopic (exact) mass is 355 g/mol. The predicted molar refractivity (Wildman–Crippen MR) is 97.9 cm³/mol. The van der Waals surface area contributed by atoms with Crippen molar-refractivity contribution in [3.8, 4) is 17.0 Å². The second kappa shape index (κ2) is 7.40. The average Bonchev–Trinajstić information content (AvgIpc) is 3.12. The molecule has 3 aromatic rings. The minimum Gasteiger partial charge on any atom is -0.496 e. The van der Waals surface area contributed by atoms with Gasteiger partial charge in [-0.1, -0.05) is 41.9 Å². The maximum atomic E-state index is 12.5. The molecule has 1 amide bonds. The van der Waals surface area contributed by atoms with Crippen molar-refractivity contribution in [3.05, 3.63) is 70.9 Å². The Morgan fingerprint density at radius 3 is 2.68 bits per heavy atom. The van der Waals surface area contributed by atoms with E-state index in [9.17, 15) is 4.79 Å². The van der Waals surface area contributed by atoms with Gasteiger partial charge in [0.15, 0.2) is 0 Å². The van der Waals surface area contributed by atoms with Gasteiger partial charge in [0, 0.05) is 10.6 Å². The molecular formula is C19H18ClN3O2. The average molecular weight is 356 g/mol. The van der Waals surface area contributed by atoms with Crippen LogP contribution in [0, 0.1) is 0 Å². The minimum atomic E-state index is -0.226. The number of amides is 1. The van der Waals surface area contributed by atoms with Crippen LogP contribution >= 0.6 is 11.6 Å². The molecule has 6 heteroatoms. The van der Waals surface area contributed by atoms with Crippen molar-refractivity contribution in [2.75, 3.05) is 7.11 Å². The van der Waals surface area contributed by atoms with Crippen LogP contribution in [-0.2, 0) is 0 Å². The van der Waals surface area contributed by atoms with Crippen molar-refractivity contribution in [2.45, 2.75) is 13.0 Å². The van der Waals surface area contributed by atoms with E-state index in [-0.39, 0.29) is 11.9 Å². The van der Waals surface area contributed by atoms with E-state index in [1.54, 1.807) is 31.4 Å². The number of methoxy groups -OCH3 is 1. The topological polar surface area (TPSA) is 67.0 Å². The number of halogens is 1. The number of benzene rings is 2. The van der Waals surface area contributed by atoms with Gasteiger partial charge in [-0.2, -0.15) is 5.10 Å². The molecule has 128 valence electrons. The van der Waals surface area contributed by atoms with Crippen LogP contribution in [0.1, 0.15) is 29.0 Å². The van der Waals surface area contributed by atoms with E-state index in [0.29, 0.717) is 22.2 Å². The van der Waals surface area contributed by atoms with Crippen LogP contribution in [0.3, 0.4) is 0 Å². The molecular weight excluding hydrogens is 338 g/mol. The smallest absolute Gasteiger partial charge is 0.269 e. The van der Waals surface area contributed by atoms with Gasteiger partial charge in [0.1, 0.15) is 11.4 Å². The summed E-state index contributed by atoms with van der Waals surface area (Å²) in [4.78, 5) is 12.5. The van der Waals surface area contributed by atoms with Gasteiger partial charge in [0.2, 0.25) is 0 Å². The molecule has 0 bridgehead atoms. The molecule has 0 fully saturated rings. The van der Waals surface area contributed by atoms with Gasteiger partial charge in [-0.3, -0.25) is 9.89 Å². The first-order valence-corrected chi connectivity index (χ1v) is 8.21. The molecule has 5 nitrogen and oxygen atoms in total. The van der Waals surface area contributed by atoms with Gasteiger partial charge in [0.25, 0.3) is 5.91 Å². The van der Waals surface area contributed by atoms with Gasteiger partial charge in [-0.15, -0.1) is 0 Å². The van der Waals surface area contributed by atoms with Crippen LogP contribution in [0.25, 0.3) is 11.3 Å². The molecule has 1 atom stereocenters. The predicted octanol–water partition coefficient (Wildman–Crippen LogP) is 4.23. The highest BCUT2D eigenvalue weighted by Gasteiger charge is 2.16. The van der Waals surface area contributed by atoms with Crippen LogP contribution in [0.2, 0.25) is 5.02 Å². The highest BCUT2D eigenvalue weighted by Crippen LogP contribution is 2.31. The molecule has 0 aliphatic rings. The van der Waals surface area contributed by atoms with Crippen molar-refractivity contribution in [2.24, 2.45) is 0 Å². The van der Waals surface area contributed by atoms with Gasteiger partial charge in [-0.05, 0) is 36.8 Å². The molecule has 0 aliphatic carbocycles. The Kier molecular flexibility index (Phi) is 5.05. The Balaban J connectivity index is 1.79. The van der Waals surface area contributed by atoms with Crippen molar-refractivity contribution < 1.29 is 9.53 Å². The fourth-order valence-electron chi connectivity index (χ4n) is 2.56. The third-order valence-electron chi connectivity index (χ3n) is 3.91. The first-order chi connectivity index (χ1) is 12.1. The molecule has 1 aromatic heterocycles. The fourth-order valence-corrected chi connectivity index (χ4v) is 2.73. The van der Waals surface area contributed by atoms with E-state index in [4.69, 9.17) is 16.3 Å². The van der Waals surface area contributed by atoms with Crippen molar-refractivity contribution in [1.29, 1.82) is 0 Å². The lowest BCUT2D eigenvalue weighted by molar-refractivity contribution is 0.0935. The summed E-state index contributed by atoms with van der Waals surface area (Å²) in [6, 6.07) is 16.6. The number of hydrogen-bond donors (Lipinski definition) is 2. The number of rotatable bonds is 5. The number of hydrogen-bond acceptors (Lipinski definition) is 3. The number of nitrogens with one attached hydrogen (secondary N) is 2. The summed E-state index contributed by atoms with van der Waals surface area (Å²) in [7, 11) is 1.58. The molecule has 0 saturated heterocycles. The molecule has 2 N–H and O–H groups in total. The van der Waals surface area contributed by atoms with Crippen molar-refractivity contribution in [3.63, 3.8) is 0 Å². The van der Waals surface area contributed by atoms with Crippen LogP contribution in [0.5, 0.6) is 5.75 Å². The number of carbonyl (C=O) groups excluding carboxylic acids is 1. The Hall–Kier alpha value is -2.79. The first kappa shape index (κ1) is 17.0. The van der Waals surface area contributed by atoms with E-state index in [2.05, 4.69) is 15.5 Å². The quantitative estimate of drug-likeness (QED) is 0.719. The van der Waals surface area contributed by atoms with Crippen molar-refractivity contribution >= 4 is 17.5 Å². The van der Waals surface area contributed by atoms with E-state index in [1.807, 2.05) is 37.3 Å². The second-order valence-corrected chi connectivity index (χ2v) is 6.05. The van der Waals surface area contributed by atoms with E-state index < -0.39 is 0 Å². The fraction of sp³-hybridized carbons (Fsp3) is 0.158. The Labute approximate surface area is 151 Å². The number of aromatic amines is 1. The van der Waals surface area contributed by atoms with E-state index in [1.165, 1.54) is 0 Å². The number of ether oxygens (including phenoxy) is 1. The zero-order chi connectivity index (χ0) is 17.8. The minimum absolute atomic E-state index is 0.110. The summed E-state index contributed by atoms with van der Waals surface area (Å²) in [5.74, 6) is 0.414. The Morgan fingerprint density at radius 1 is 1.20 bits per heavy atom. The lowest BCUT2D eigenvalue weighted by atomic mass is 10.1. The van der Waals surface area contributed by atoms with Crippen LogP contribution in [-0.4, -0.2) is 23.2 Å². The number of aromatic nitrogens is 2. The van der Waals surface area contributed by atoms with Gasteiger partial charge in [0.05, 0.1) is 18.8 Å². The third-order valence-corrected chi connectivity index (χ3v) is 4.14. The Morgan fingerprint density at radius 2 is 1.96 bits per heavy atom. The molecule has 3 rings (SSSR count). The molecule has 0 radical (unpaired) electrons. The summed E-state index contributed by atoms with van der Waals surface area (Å²) in [5, 5.41) is 10.5. The second-order valence-electron chi connectivity index (χ2n) is 5.62. The molecule has 0 spiro atoms. The highest BCUT2D eigenvalue weighted by atomic mass is 35.5.